The molecule has 4 nitrogen and oxygen atoms in total. The molecule has 3 aromatic rings. The van der Waals surface area contributed by atoms with Gasteiger partial charge in [-0.3, -0.25) is 9.78 Å². The Morgan fingerprint density at radius 2 is 1.78 bits per heavy atom. The number of rotatable bonds is 6. The lowest BCUT2D eigenvalue weighted by molar-refractivity contribution is -0.115. The SMILES string of the molecule is O=C(CNCCc1ccccc1)Nc1cccc2cccnc12. The van der Waals surface area contributed by atoms with Crippen LogP contribution in [0.3, 0.4) is 0 Å². The van der Waals surface area contributed by atoms with Gasteiger partial charge in [0.1, 0.15) is 0 Å². The number of nitrogens with one attached hydrogen (secondary N) is 2. The first-order valence-corrected chi connectivity index (χ1v) is 7.71. The molecule has 0 saturated heterocycles. The van der Waals surface area contributed by atoms with Crippen LogP contribution in [0, 0.1) is 0 Å². The smallest absolute Gasteiger partial charge is 0.238 e. The molecule has 0 aliphatic rings. The normalized spacial score (nSPS) is 10.6. The Morgan fingerprint density at radius 1 is 0.957 bits per heavy atom. The van der Waals surface area contributed by atoms with Crippen molar-refractivity contribution >= 4 is 22.5 Å². The van der Waals surface area contributed by atoms with Crippen LogP contribution >= 0.6 is 0 Å². The maximum absolute atomic E-state index is 12.1. The highest BCUT2D eigenvalue weighted by Crippen LogP contribution is 2.20. The van der Waals surface area contributed by atoms with Crippen LogP contribution in [0.15, 0.2) is 66.9 Å². The summed E-state index contributed by atoms with van der Waals surface area (Å²) in [6.45, 7) is 1.06. The van der Waals surface area contributed by atoms with Crippen LogP contribution in [0.25, 0.3) is 10.9 Å². The van der Waals surface area contributed by atoms with Crippen molar-refractivity contribution in [1.82, 2.24) is 10.3 Å². The van der Waals surface area contributed by atoms with Crippen LogP contribution < -0.4 is 10.6 Å². The fourth-order valence-corrected chi connectivity index (χ4v) is 2.48. The van der Waals surface area contributed by atoms with E-state index >= 15 is 0 Å². The number of benzene rings is 2. The molecule has 23 heavy (non-hydrogen) atoms. The van der Waals surface area contributed by atoms with E-state index in [1.807, 2.05) is 48.5 Å². The van der Waals surface area contributed by atoms with Gasteiger partial charge in [0.2, 0.25) is 5.91 Å². The number of carbonyl (C=O) groups is 1. The minimum absolute atomic E-state index is 0.0591. The molecule has 1 heterocycles. The lowest BCUT2D eigenvalue weighted by Gasteiger charge is -2.09. The van der Waals surface area contributed by atoms with Crippen LogP contribution in [0.4, 0.5) is 5.69 Å². The molecule has 0 fully saturated rings. The summed E-state index contributed by atoms with van der Waals surface area (Å²) < 4.78 is 0. The minimum Gasteiger partial charge on any atom is -0.323 e. The number of carbonyl (C=O) groups excluding carboxylic acids is 1. The van der Waals surface area contributed by atoms with Gasteiger partial charge in [-0.05, 0) is 30.7 Å². The fourth-order valence-electron chi connectivity index (χ4n) is 2.48. The average Bonchev–Trinajstić information content (AvgIpc) is 2.60. The zero-order valence-electron chi connectivity index (χ0n) is 12.8. The van der Waals surface area contributed by atoms with E-state index in [0.717, 1.165) is 29.6 Å². The predicted octanol–water partition coefficient (Wildman–Crippen LogP) is 3.01. The Hall–Kier alpha value is -2.72. The molecule has 0 atom stereocenters. The van der Waals surface area contributed by atoms with Gasteiger partial charge in [-0.2, -0.15) is 0 Å². The highest BCUT2D eigenvalue weighted by Gasteiger charge is 2.06. The van der Waals surface area contributed by atoms with Crippen LogP contribution in [0.1, 0.15) is 5.56 Å². The fraction of sp³-hybridized carbons (Fsp3) is 0.158. The van der Waals surface area contributed by atoms with Crippen molar-refractivity contribution < 1.29 is 4.79 Å². The first-order valence-electron chi connectivity index (χ1n) is 7.71. The summed E-state index contributed by atoms with van der Waals surface area (Å²) >= 11 is 0. The Balaban J connectivity index is 1.51. The molecule has 0 aliphatic carbocycles. The summed E-state index contributed by atoms with van der Waals surface area (Å²) in [5.41, 5.74) is 2.82. The molecule has 0 radical (unpaired) electrons. The van der Waals surface area contributed by atoms with Crippen molar-refractivity contribution in [3.8, 4) is 0 Å². The van der Waals surface area contributed by atoms with Crippen molar-refractivity contribution in [2.45, 2.75) is 6.42 Å². The third-order valence-electron chi connectivity index (χ3n) is 3.63. The van der Waals surface area contributed by atoms with Gasteiger partial charge >= 0.3 is 0 Å². The number of hydrogen-bond acceptors (Lipinski definition) is 3. The second kappa shape index (κ2) is 7.51. The standard InChI is InChI=1S/C19H19N3O/c23-18(14-20-13-11-15-6-2-1-3-7-15)22-17-10-4-8-16-9-5-12-21-19(16)17/h1-10,12,20H,11,13-14H2,(H,22,23). The third-order valence-corrected chi connectivity index (χ3v) is 3.63. The molecule has 116 valence electrons. The molecule has 0 bridgehead atoms. The molecule has 0 saturated carbocycles. The van der Waals surface area contributed by atoms with E-state index in [2.05, 4.69) is 27.8 Å². The second-order valence-corrected chi connectivity index (χ2v) is 5.34. The van der Waals surface area contributed by atoms with E-state index in [0.29, 0.717) is 0 Å². The molecule has 1 amide bonds. The number of pyridine rings is 1. The Labute approximate surface area is 135 Å². The Morgan fingerprint density at radius 3 is 2.65 bits per heavy atom. The molecule has 4 heteroatoms. The van der Waals surface area contributed by atoms with Crippen molar-refractivity contribution in [2.24, 2.45) is 0 Å². The van der Waals surface area contributed by atoms with Crippen molar-refractivity contribution in [3.05, 3.63) is 72.4 Å². The monoisotopic (exact) mass is 305 g/mol. The molecule has 0 spiro atoms. The summed E-state index contributed by atoms with van der Waals surface area (Å²) in [6.07, 6.45) is 2.64. The first-order chi connectivity index (χ1) is 11.3. The predicted molar refractivity (Wildman–Crippen MR) is 93.4 cm³/mol. The highest BCUT2D eigenvalue weighted by molar-refractivity contribution is 6.00. The lowest BCUT2D eigenvalue weighted by atomic mass is 10.1. The van der Waals surface area contributed by atoms with E-state index < -0.39 is 0 Å². The third kappa shape index (κ3) is 4.14. The number of nitrogens with zero attached hydrogens (tertiary/aromatic N) is 1. The zero-order chi connectivity index (χ0) is 15.9. The van der Waals surface area contributed by atoms with Gasteiger partial charge in [0.25, 0.3) is 0 Å². The molecular weight excluding hydrogens is 286 g/mol. The number of amides is 1. The van der Waals surface area contributed by atoms with Gasteiger partial charge in [0.05, 0.1) is 17.7 Å². The van der Waals surface area contributed by atoms with Gasteiger partial charge in [-0.25, -0.2) is 0 Å². The van der Waals surface area contributed by atoms with Crippen LogP contribution in [-0.4, -0.2) is 24.0 Å². The van der Waals surface area contributed by atoms with E-state index in [1.165, 1.54) is 5.56 Å². The highest BCUT2D eigenvalue weighted by atomic mass is 16.1. The molecule has 1 aromatic heterocycles. The number of anilines is 1. The van der Waals surface area contributed by atoms with Crippen LogP contribution in [-0.2, 0) is 11.2 Å². The lowest BCUT2D eigenvalue weighted by Crippen LogP contribution is -2.29. The summed E-state index contributed by atoms with van der Waals surface area (Å²) in [4.78, 5) is 16.4. The van der Waals surface area contributed by atoms with Crippen molar-refractivity contribution in [3.63, 3.8) is 0 Å². The summed E-state index contributed by atoms with van der Waals surface area (Å²) in [5.74, 6) is -0.0591. The first kappa shape index (κ1) is 15.2. The minimum atomic E-state index is -0.0591. The molecule has 2 N–H and O–H groups in total. The number of hydrogen-bond donors (Lipinski definition) is 2. The molecule has 3 rings (SSSR count). The summed E-state index contributed by atoms with van der Waals surface area (Å²) in [5, 5.41) is 7.11. The van der Waals surface area contributed by atoms with E-state index in [-0.39, 0.29) is 12.5 Å². The number of fused-ring (bicyclic) bond motifs is 1. The van der Waals surface area contributed by atoms with Crippen molar-refractivity contribution in [1.29, 1.82) is 0 Å². The number of para-hydroxylation sites is 1. The summed E-state index contributed by atoms with van der Waals surface area (Å²) in [7, 11) is 0. The van der Waals surface area contributed by atoms with E-state index in [9.17, 15) is 4.79 Å². The molecule has 2 aromatic carbocycles. The van der Waals surface area contributed by atoms with Gasteiger partial charge in [0.15, 0.2) is 0 Å². The molecule has 0 aliphatic heterocycles. The summed E-state index contributed by atoms with van der Waals surface area (Å²) in [6, 6.07) is 19.9. The van der Waals surface area contributed by atoms with Crippen LogP contribution in [0.5, 0.6) is 0 Å². The van der Waals surface area contributed by atoms with Gasteiger partial charge in [-0.1, -0.05) is 48.5 Å². The molecular formula is C19H19N3O. The largest absolute Gasteiger partial charge is 0.323 e. The maximum Gasteiger partial charge on any atom is 0.238 e. The van der Waals surface area contributed by atoms with Gasteiger partial charge in [-0.15, -0.1) is 0 Å². The average molecular weight is 305 g/mol. The maximum atomic E-state index is 12.1. The number of aromatic nitrogens is 1. The topological polar surface area (TPSA) is 54.0 Å². The molecule has 0 unspecified atom stereocenters. The Kier molecular flexibility index (Phi) is 4.96. The van der Waals surface area contributed by atoms with E-state index in [4.69, 9.17) is 0 Å². The van der Waals surface area contributed by atoms with E-state index in [1.54, 1.807) is 6.20 Å². The second-order valence-electron chi connectivity index (χ2n) is 5.34. The van der Waals surface area contributed by atoms with Gasteiger partial charge in [0, 0.05) is 11.6 Å². The quantitative estimate of drug-likeness (QED) is 0.688. The van der Waals surface area contributed by atoms with Crippen molar-refractivity contribution in [2.75, 3.05) is 18.4 Å². The zero-order valence-corrected chi connectivity index (χ0v) is 12.8. The van der Waals surface area contributed by atoms with Gasteiger partial charge < -0.3 is 10.6 Å². The Bertz CT molecular complexity index is 781. The van der Waals surface area contributed by atoms with Crippen LogP contribution in [0.2, 0.25) is 0 Å².